The van der Waals surface area contributed by atoms with Gasteiger partial charge in [0.05, 0.1) is 17.8 Å². The predicted molar refractivity (Wildman–Crippen MR) is 91.9 cm³/mol. The summed E-state index contributed by atoms with van der Waals surface area (Å²) in [6, 6.07) is 8.44. The van der Waals surface area contributed by atoms with E-state index in [1.807, 2.05) is 5.51 Å². The van der Waals surface area contributed by atoms with Crippen LogP contribution in [0.25, 0.3) is 0 Å². The minimum atomic E-state index is 0.530. The zero-order valence-corrected chi connectivity index (χ0v) is 14.6. The fraction of sp³-hybridized carbons (Fsp3) is 0.438. The van der Waals surface area contributed by atoms with Gasteiger partial charge in [-0.1, -0.05) is 34.1 Å². The first kappa shape index (κ1) is 16.6. The van der Waals surface area contributed by atoms with Crippen molar-refractivity contribution in [1.29, 1.82) is 0 Å². The number of thiazole rings is 1. The van der Waals surface area contributed by atoms with Gasteiger partial charge < -0.3 is 10.1 Å². The molecule has 2 aromatic rings. The van der Waals surface area contributed by atoms with Gasteiger partial charge in [0.2, 0.25) is 0 Å². The summed E-state index contributed by atoms with van der Waals surface area (Å²) in [5, 5.41) is 5.61. The highest BCUT2D eigenvalue weighted by Gasteiger charge is 2.13. The van der Waals surface area contributed by atoms with Crippen molar-refractivity contribution in [3.05, 3.63) is 50.9 Å². The summed E-state index contributed by atoms with van der Waals surface area (Å²) in [5.74, 6) is 0.530. The monoisotopic (exact) mass is 368 g/mol. The van der Waals surface area contributed by atoms with E-state index in [1.165, 1.54) is 15.7 Å². The Morgan fingerprint density at radius 1 is 1.33 bits per heavy atom. The van der Waals surface area contributed by atoms with Crippen LogP contribution < -0.4 is 5.32 Å². The van der Waals surface area contributed by atoms with Crippen LogP contribution in [0.5, 0.6) is 0 Å². The molecule has 0 amide bonds. The molecule has 0 radical (unpaired) electrons. The molecule has 0 aliphatic heterocycles. The largest absolute Gasteiger partial charge is 0.383 e. The zero-order valence-electron chi connectivity index (χ0n) is 12.2. The second kappa shape index (κ2) is 9.30. The van der Waals surface area contributed by atoms with E-state index in [2.05, 4.69) is 55.9 Å². The molecule has 5 heteroatoms. The lowest BCUT2D eigenvalue weighted by Crippen LogP contribution is -2.28. The van der Waals surface area contributed by atoms with E-state index in [1.54, 1.807) is 18.4 Å². The van der Waals surface area contributed by atoms with Crippen LogP contribution in [0.1, 0.15) is 11.3 Å². The predicted octanol–water partition coefficient (Wildman–Crippen LogP) is 3.54. The maximum atomic E-state index is 5.09. The normalized spacial score (nSPS) is 12.5. The molecule has 3 nitrogen and oxygen atoms in total. The van der Waals surface area contributed by atoms with E-state index in [-0.39, 0.29) is 0 Å². The Balaban J connectivity index is 1.95. The molecule has 0 spiro atoms. The van der Waals surface area contributed by atoms with Gasteiger partial charge in [0.1, 0.15) is 0 Å². The Hall–Kier alpha value is -0.750. The average molecular weight is 369 g/mol. The van der Waals surface area contributed by atoms with Crippen LogP contribution in [0.15, 0.2) is 39.6 Å². The summed E-state index contributed by atoms with van der Waals surface area (Å²) in [4.78, 5) is 4.42. The van der Waals surface area contributed by atoms with Crippen molar-refractivity contribution in [3.8, 4) is 0 Å². The van der Waals surface area contributed by atoms with Crippen molar-refractivity contribution < 1.29 is 4.74 Å². The van der Waals surface area contributed by atoms with E-state index < -0.39 is 0 Å². The summed E-state index contributed by atoms with van der Waals surface area (Å²) in [6.45, 7) is 2.61. The number of nitrogens with zero attached hydrogens (tertiary/aromatic N) is 1. The van der Waals surface area contributed by atoms with Crippen LogP contribution in [0.2, 0.25) is 0 Å². The van der Waals surface area contributed by atoms with Gasteiger partial charge in [0.25, 0.3) is 0 Å². The molecular formula is C16H21BrN2OS. The number of ether oxygens (including phenoxy) is 1. The van der Waals surface area contributed by atoms with Gasteiger partial charge >= 0.3 is 0 Å². The molecule has 0 saturated heterocycles. The second-order valence-electron chi connectivity index (χ2n) is 5.04. The van der Waals surface area contributed by atoms with Crippen molar-refractivity contribution in [2.75, 3.05) is 26.8 Å². The molecule has 0 bridgehead atoms. The maximum Gasteiger partial charge on any atom is 0.0794 e. The van der Waals surface area contributed by atoms with Gasteiger partial charge in [-0.3, -0.25) is 0 Å². The van der Waals surface area contributed by atoms with Gasteiger partial charge in [-0.15, -0.1) is 11.3 Å². The Morgan fingerprint density at radius 3 is 2.90 bits per heavy atom. The molecule has 1 atom stereocenters. The number of aromatic nitrogens is 1. The first-order chi connectivity index (χ1) is 10.3. The number of hydrogen-bond acceptors (Lipinski definition) is 4. The van der Waals surface area contributed by atoms with Crippen molar-refractivity contribution >= 4 is 27.3 Å². The van der Waals surface area contributed by atoms with Crippen LogP contribution in [0, 0.1) is 5.92 Å². The third-order valence-corrected chi connectivity index (χ3v) is 4.77. The lowest BCUT2D eigenvalue weighted by Gasteiger charge is -2.17. The van der Waals surface area contributed by atoms with Crippen LogP contribution >= 0.6 is 27.3 Å². The summed E-state index contributed by atoms with van der Waals surface area (Å²) in [7, 11) is 1.73. The highest BCUT2D eigenvalue weighted by atomic mass is 79.9. The SMILES string of the molecule is COCCNCC(Cc1cscn1)Cc1ccccc1Br. The fourth-order valence-corrected chi connectivity index (χ4v) is 3.32. The second-order valence-corrected chi connectivity index (χ2v) is 6.62. The van der Waals surface area contributed by atoms with E-state index in [9.17, 15) is 0 Å². The highest BCUT2D eigenvalue weighted by Crippen LogP contribution is 2.21. The quantitative estimate of drug-likeness (QED) is 0.687. The van der Waals surface area contributed by atoms with Crippen LogP contribution in [0.4, 0.5) is 0 Å². The summed E-state index contributed by atoms with van der Waals surface area (Å²) in [5.41, 5.74) is 4.44. The number of nitrogens with one attached hydrogen (secondary N) is 1. The lowest BCUT2D eigenvalue weighted by molar-refractivity contribution is 0.197. The number of methoxy groups -OCH3 is 1. The number of benzene rings is 1. The van der Waals surface area contributed by atoms with Crippen molar-refractivity contribution in [3.63, 3.8) is 0 Å². The molecule has 0 fully saturated rings. The molecule has 1 N–H and O–H groups in total. The fourth-order valence-electron chi connectivity index (χ4n) is 2.31. The smallest absolute Gasteiger partial charge is 0.0794 e. The average Bonchev–Trinajstić information content (AvgIpc) is 2.99. The van der Waals surface area contributed by atoms with E-state index in [0.29, 0.717) is 5.92 Å². The molecular weight excluding hydrogens is 348 g/mol. The van der Waals surface area contributed by atoms with Gasteiger partial charge in [-0.2, -0.15) is 0 Å². The number of halogens is 1. The van der Waals surface area contributed by atoms with Crippen molar-refractivity contribution in [1.82, 2.24) is 10.3 Å². The molecule has 21 heavy (non-hydrogen) atoms. The Morgan fingerprint density at radius 2 is 2.19 bits per heavy atom. The standard InChI is InChI=1S/C16H21BrN2OS/c1-20-7-6-18-10-13(9-15-11-21-12-19-15)8-14-4-2-3-5-16(14)17/h2-5,11-13,18H,6-10H2,1H3. The highest BCUT2D eigenvalue weighted by molar-refractivity contribution is 9.10. The molecule has 2 rings (SSSR count). The molecule has 1 aromatic carbocycles. The third kappa shape index (κ3) is 5.87. The van der Waals surface area contributed by atoms with E-state index in [4.69, 9.17) is 4.74 Å². The van der Waals surface area contributed by atoms with Gasteiger partial charge in [0, 0.05) is 23.5 Å². The zero-order chi connectivity index (χ0) is 14.9. The van der Waals surface area contributed by atoms with E-state index in [0.717, 1.165) is 32.5 Å². The first-order valence-electron chi connectivity index (χ1n) is 7.09. The van der Waals surface area contributed by atoms with Crippen LogP contribution in [-0.4, -0.2) is 31.8 Å². The lowest BCUT2D eigenvalue weighted by atomic mass is 9.95. The summed E-state index contributed by atoms with van der Waals surface area (Å²) >= 11 is 5.30. The van der Waals surface area contributed by atoms with Crippen molar-refractivity contribution in [2.24, 2.45) is 5.92 Å². The number of rotatable bonds is 9. The van der Waals surface area contributed by atoms with Crippen LogP contribution in [0.3, 0.4) is 0 Å². The van der Waals surface area contributed by atoms with Gasteiger partial charge in [0.15, 0.2) is 0 Å². The maximum absolute atomic E-state index is 5.09. The van der Waals surface area contributed by atoms with Crippen LogP contribution in [-0.2, 0) is 17.6 Å². The summed E-state index contributed by atoms with van der Waals surface area (Å²) < 4.78 is 6.27. The first-order valence-corrected chi connectivity index (χ1v) is 8.83. The Kier molecular flexibility index (Phi) is 7.36. The minimum Gasteiger partial charge on any atom is -0.383 e. The summed E-state index contributed by atoms with van der Waals surface area (Å²) in [6.07, 6.45) is 2.05. The molecule has 0 aliphatic rings. The van der Waals surface area contributed by atoms with E-state index >= 15 is 0 Å². The molecule has 1 aromatic heterocycles. The molecule has 1 unspecified atom stereocenters. The van der Waals surface area contributed by atoms with Gasteiger partial charge in [-0.25, -0.2) is 4.98 Å². The molecule has 0 saturated carbocycles. The Labute approximate surface area is 138 Å². The minimum absolute atomic E-state index is 0.530. The molecule has 1 heterocycles. The number of hydrogen-bond donors (Lipinski definition) is 1. The van der Waals surface area contributed by atoms with Crippen molar-refractivity contribution in [2.45, 2.75) is 12.8 Å². The van der Waals surface area contributed by atoms with Gasteiger partial charge in [-0.05, 0) is 36.9 Å². The Bertz CT molecular complexity index is 519. The third-order valence-electron chi connectivity index (χ3n) is 3.36. The topological polar surface area (TPSA) is 34.1 Å². The molecule has 114 valence electrons. The molecule has 0 aliphatic carbocycles.